The van der Waals surface area contributed by atoms with Crippen LogP contribution in [0.4, 0.5) is 4.79 Å². The molecule has 3 aromatic rings. The number of rotatable bonds is 6. The molecular formula is C21H19BrN4O3. The second-order valence-corrected chi connectivity index (χ2v) is 7.97. The van der Waals surface area contributed by atoms with E-state index in [1.807, 2.05) is 54.6 Å². The van der Waals surface area contributed by atoms with Crippen molar-refractivity contribution in [3.05, 3.63) is 70.5 Å². The summed E-state index contributed by atoms with van der Waals surface area (Å²) >= 11 is 3.44. The van der Waals surface area contributed by atoms with Gasteiger partial charge >= 0.3 is 6.03 Å². The zero-order valence-corrected chi connectivity index (χ0v) is 17.3. The Morgan fingerprint density at radius 2 is 1.79 bits per heavy atom. The predicted molar refractivity (Wildman–Crippen MR) is 110 cm³/mol. The summed E-state index contributed by atoms with van der Waals surface area (Å²) in [6, 6.07) is 16.9. The van der Waals surface area contributed by atoms with Gasteiger partial charge in [0, 0.05) is 4.47 Å². The first kappa shape index (κ1) is 19.3. The quantitative estimate of drug-likeness (QED) is 0.569. The van der Waals surface area contributed by atoms with E-state index >= 15 is 0 Å². The Balaban J connectivity index is 1.46. The fraction of sp³-hybridized carbons (Fsp3) is 0.238. The molecule has 7 nitrogen and oxygen atoms in total. The van der Waals surface area contributed by atoms with E-state index in [4.69, 9.17) is 4.42 Å². The molecule has 0 unspecified atom stereocenters. The first-order valence-electron chi connectivity index (χ1n) is 9.21. The number of aromatic nitrogens is 2. The highest BCUT2D eigenvalue weighted by atomic mass is 79.9. The molecule has 0 bridgehead atoms. The van der Waals surface area contributed by atoms with Gasteiger partial charge in [-0.15, -0.1) is 10.2 Å². The lowest BCUT2D eigenvalue weighted by atomic mass is 9.93. The van der Waals surface area contributed by atoms with Crippen molar-refractivity contribution in [3.8, 4) is 11.5 Å². The topological polar surface area (TPSA) is 88.3 Å². The number of amides is 3. The number of hydrogen-bond donors (Lipinski definition) is 1. The van der Waals surface area contributed by atoms with Crippen LogP contribution < -0.4 is 5.32 Å². The second kappa shape index (κ2) is 7.79. The predicted octanol–water partition coefficient (Wildman–Crippen LogP) is 3.94. The lowest BCUT2D eigenvalue weighted by molar-refractivity contribution is -0.131. The van der Waals surface area contributed by atoms with E-state index in [2.05, 4.69) is 31.4 Å². The highest BCUT2D eigenvalue weighted by molar-refractivity contribution is 9.10. The molecule has 1 aliphatic rings. The van der Waals surface area contributed by atoms with Crippen molar-refractivity contribution in [1.29, 1.82) is 0 Å². The van der Waals surface area contributed by atoms with E-state index in [0.717, 1.165) is 20.5 Å². The van der Waals surface area contributed by atoms with Crippen LogP contribution >= 0.6 is 15.9 Å². The molecule has 1 saturated heterocycles. The summed E-state index contributed by atoms with van der Waals surface area (Å²) in [5.74, 6) is 0.233. The molecule has 0 radical (unpaired) electrons. The maximum absolute atomic E-state index is 12.9. The van der Waals surface area contributed by atoms with Gasteiger partial charge in [0.05, 0.1) is 5.56 Å². The first-order chi connectivity index (χ1) is 14.0. The number of aryl methyl sites for hydroxylation is 1. The molecule has 2 aromatic carbocycles. The Morgan fingerprint density at radius 3 is 2.55 bits per heavy atom. The van der Waals surface area contributed by atoms with Crippen LogP contribution in [0.2, 0.25) is 0 Å². The van der Waals surface area contributed by atoms with Gasteiger partial charge in [0.25, 0.3) is 5.91 Å². The van der Waals surface area contributed by atoms with E-state index < -0.39 is 11.6 Å². The third-order valence-electron chi connectivity index (χ3n) is 4.97. The molecule has 1 atom stereocenters. The SMILES string of the molecule is C[C@@]1(CCc2ccccc2)NC(=O)N(Cc2nnc(-c3ccccc3Br)o2)C1=O. The standard InChI is InChI=1S/C21H19BrN4O3/c1-21(12-11-14-7-3-2-4-8-14)19(27)26(20(28)23-21)13-17-24-25-18(29-17)15-9-5-6-10-16(15)22/h2-10H,11-13H2,1H3,(H,23,28)/t21-/m0/s1. The number of imide groups is 1. The highest BCUT2D eigenvalue weighted by Crippen LogP contribution is 2.28. The Kier molecular flexibility index (Phi) is 5.19. The number of nitrogens with zero attached hydrogens (tertiary/aromatic N) is 3. The second-order valence-electron chi connectivity index (χ2n) is 7.12. The van der Waals surface area contributed by atoms with Crippen molar-refractivity contribution in [3.63, 3.8) is 0 Å². The summed E-state index contributed by atoms with van der Waals surface area (Å²) in [4.78, 5) is 26.5. The van der Waals surface area contributed by atoms with Gasteiger partial charge in [0.15, 0.2) is 0 Å². The van der Waals surface area contributed by atoms with Crippen LogP contribution in [0.1, 0.15) is 24.8 Å². The van der Waals surface area contributed by atoms with Gasteiger partial charge in [-0.2, -0.15) is 0 Å². The Morgan fingerprint density at radius 1 is 1.07 bits per heavy atom. The normalized spacial score (nSPS) is 18.9. The molecule has 2 heterocycles. The number of carbonyl (C=O) groups is 2. The largest absolute Gasteiger partial charge is 0.419 e. The third-order valence-corrected chi connectivity index (χ3v) is 5.66. The van der Waals surface area contributed by atoms with Crippen molar-refractivity contribution in [1.82, 2.24) is 20.4 Å². The lowest BCUT2D eigenvalue weighted by Gasteiger charge is -2.21. The van der Waals surface area contributed by atoms with Crippen LogP contribution in [0.5, 0.6) is 0 Å². The summed E-state index contributed by atoms with van der Waals surface area (Å²) in [5.41, 5.74) is 0.901. The van der Waals surface area contributed by atoms with Crippen LogP contribution in [0.15, 0.2) is 63.5 Å². The number of hydrogen-bond acceptors (Lipinski definition) is 5. The molecule has 8 heteroatoms. The minimum atomic E-state index is -0.960. The molecule has 0 saturated carbocycles. The van der Waals surface area contributed by atoms with Gasteiger partial charge in [0.2, 0.25) is 11.8 Å². The average Bonchev–Trinajstić information content (AvgIpc) is 3.27. The molecule has 1 fully saturated rings. The average molecular weight is 455 g/mol. The van der Waals surface area contributed by atoms with Gasteiger partial charge in [0.1, 0.15) is 12.1 Å². The highest BCUT2D eigenvalue weighted by Gasteiger charge is 2.47. The van der Waals surface area contributed by atoms with Gasteiger partial charge in [-0.05, 0) is 53.4 Å². The molecular weight excluding hydrogens is 436 g/mol. The maximum atomic E-state index is 12.9. The molecule has 148 valence electrons. The number of urea groups is 1. The summed E-state index contributed by atoms with van der Waals surface area (Å²) in [6.45, 7) is 1.68. The Labute approximate surface area is 176 Å². The Hall–Kier alpha value is -3.00. The summed E-state index contributed by atoms with van der Waals surface area (Å²) < 4.78 is 6.50. The zero-order valence-electron chi connectivity index (χ0n) is 15.8. The maximum Gasteiger partial charge on any atom is 0.325 e. The van der Waals surface area contributed by atoms with E-state index in [9.17, 15) is 9.59 Å². The Bertz CT molecular complexity index is 1050. The van der Waals surface area contributed by atoms with Gasteiger partial charge in [-0.1, -0.05) is 42.5 Å². The minimum absolute atomic E-state index is 0.0664. The van der Waals surface area contributed by atoms with Crippen LogP contribution in [0.25, 0.3) is 11.5 Å². The zero-order chi connectivity index (χ0) is 20.4. The van der Waals surface area contributed by atoms with Crippen molar-refractivity contribution in [2.24, 2.45) is 0 Å². The van der Waals surface area contributed by atoms with E-state index in [1.165, 1.54) is 0 Å². The molecule has 0 spiro atoms. The van der Waals surface area contributed by atoms with Crippen molar-refractivity contribution >= 4 is 27.9 Å². The summed E-state index contributed by atoms with van der Waals surface area (Å²) in [5, 5.41) is 10.8. The first-order valence-corrected chi connectivity index (χ1v) is 10.0. The number of carbonyl (C=O) groups excluding carboxylic acids is 2. The minimum Gasteiger partial charge on any atom is -0.419 e. The third kappa shape index (κ3) is 3.93. The van der Waals surface area contributed by atoms with Crippen LogP contribution in [-0.2, 0) is 17.8 Å². The van der Waals surface area contributed by atoms with Crippen molar-refractivity contribution in [2.45, 2.75) is 31.8 Å². The fourth-order valence-corrected chi connectivity index (χ4v) is 3.75. The number of halogens is 1. The van der Waals surface area contributed by atoms with Crippen LogP contribution in [-0.4, -0.2) is 32.6 Å². The summed E-state index contributed by atoms with van der Waals surface area (Å²) in [7, 11) is 0. The van der Waals surface area contributed by atoms with E-state index in [1.54, 1.807) is 6.92 Å². The van der Waals surface area contributed by atoms with Crippen molar-refractivity contribution in [2.75, 3.05) is 0 Å². The number of nitrogens with one attached hydrogen (secondary N) is 1. The molecule has 0 aliphatic carbocycles. The smallest absolute Gasteiger partial charge is 0.325 e. The van der Waals surface area contributed by atoms with E-state index in [-0.39, 0.29) is 18.3 Å². The van der Waals surface area contributed by atoms with Gasteiger partial charge in [-0.3, -0.25) is 9.69 Å². The fourth-order valence-electron chi connectivity index (χ4n) is 3.30. The molecule has 29 heavy (non-hydrogen) atoms. The monoisotopic (exact) mass is 454 g/mol. The molecule has 1 aromatic heterocycles. The van der Waals surface area contributed by atoms with E-state index in [0.29, 0.717) is 18.7 Å². The van der Waals surface area contributed by atoms with Crippen LogP contribution in [0, 0.1) is 0 Å². The van der Waals surface area contributed by atoms with Crippen molar-refractivity contribution < 1.29 is 14.0 Å². The lowest BCUT2D eigenvalue weighted by Crippen LogP contribution is -2.44. The van der Waals surface area contributed by atoms with Gasteiger partial charge < -0.3 is 9.73 Å². The molecule has 1 aliphatic heterocycles. The molecule has 3 amide bonds. The number of benzene rings is 2. The molecule has 1 N–H and O–H groups in total. The molecule has 4 rings (SSSR count). The van der Waals surface area contributed by atoms with Gasteiger partial charge in [-0.25, -0.2) is 4.79 Å². The van der Waals surface area contributed by atoms with Crippen LogP contribution in [0.3, 0.4) is 0 Å². The summed E-state index contributed by atoms with van der Waals surface area (Å²) in [6.07, 6.45) is 1.19.